The molecule has 0 spiro atoms. The van der Waals surface area contributed by atoms with Gasteiger partial charge in [-0.3, -0.25) is 4.79 Å². The number of aliphatic hydroxyl groups excluding tert-OH is 1. The number of fused-ring (bicyclic) bond motifs is 2. The molecule has 6 fully saturated rings. The Hall–Kier alpha value is 0.138. The van der Waals surface area contributed by atoms with Gasteiger partial charge in [-0.05, 0) is 208 Å². The smallest absolute Gasteiger partial charge is 0.309 e. The van der Waals surface area contributed by atoms with E-state index in [0.717, 1.165) is 32.5 Å². The van der Waals surface area contributed by atoms with Crippen molar-refractivity contribution in [1.82, 2.24) is 0 Å². The molecule has 0 aliphatic heterocycles. The molecule has 0 aromatic rings. The van der Waals surface area contributed by atoms with E-state index in [1.807, 2.05) is 6.92 Å². The molecule has 11 heteroatoms. The van der Waals surface area contributed by atoms with Crippen LogP contribution in [0.3, 0.4) is 0 Å². The molecule has 7 nitrogen and oxygen atoms in total. The summed E-state index contributed by atoms with van der Waals surface area (Å²) in [6.07, 6.45) is 17.8. The van der Waals surface area contributed by atoms with Crippen LogP contribution < -0.4 is 0 Å². The molecule has 6 rings (SSSR count). The highest BCUT2D eigenvalue weighted by Crippen LogP contribution is 2.73. The van der Waals surface area contributed by atoms with Crippen LogP contribution in [0, 0.1) is 57.2 Å². The van der Waals surface area contributed by atoms with E-state index in [9.17, 15) is 9.90 Å². The van der Waals surface area contributed by atoms with Crippen LogP contribution in [0.2, 0.25) is 72.5 Å². The molecule has 0 aromatic carbocycles. The van der Waals surface area contributed by atoms with E-state index in [4.69, 9.17) is 22.4 Å². The van der Waals surface area contributed by atoms with E-state index in [0.29, 0.717) is 65.8 Å². The van der Waals surface area contributed by atoms with Gasteiger partial charge in [-0.2, -0.15) is 0 Å². The van der Waals surface area contributed by atoms with Gasteiger partial charge in [0, 0.05) is 32.0 Å². The number of hydrogen-bond donors (Lipinski definition) is 1. The largest absolute Gasteiger partial charge is 0.466 e. The van der Waals surface area contributed by atoms with Crippen LogP contribution in [0.25, 0.3) is 0 Å². The fourth-order valence-corrected chi connectivity index (χ4v) is 19.1. The van der Waals surface area contributed by atoms with Gasteiger partial charge in [-0.25, -0.2) is 0 Å². The molecule has 0 radical (unpaired) electrons. The Labute approximate surface area is 446 Å². The number of hydrogen-bond acceptors (Lipinski definition) is 7. The second kappa shape index (κ2) is 22.5. The Kier molecular flexibility index (Phi) is 20.7. The Bertz CT molecular complexity index is 1740. The highest BCUT2D eigenvalue weighted by molar-refractivity contribution is 6.75. The van der Waals surface area contributed by atoms with Crippen LogP contribution in [0.1, 0.15) is 209 Å². The quantitative estimate of drug-likeness (QED) is 0.115. The van der Waals surface area contributed by atoms with Crippen molar-refractivity contribution in [2.75, 3.05) is 26.4 Å². The van der Waals surface area contributed by atoms with Crippen LogP contribution in [0.4, 0.5) is 0 Å². The summed E-state index contributed by atoms with van der Waals surface area (Å²) in [6.45, 7) is 56.7. The van der Waals surface area contributed by atoms with E-state index in [1.54, 1.807) is 0 Å². The number of carbonyl (C=O) groups excluding carboxylic acids is 1. The third-order valence-corrected chi connectivity index (χ3v) is 41.0. The van der Waals surface area contributed by atoms with Gasteiger partial charge < -0.3 is 27.5 Å². The first-order chi connectivity index (χ1) is 31.2. The molecule has 6 aliphatic carbocycles. The van der Waals surface area contributed by atoms with E-state index in [2.05, 4.69) is 149 Å². The highest BCUT2D eigenvalue weighted by atomic mass is 28.4. The predicted octanol–water partition coefficient (Wildman–Crippen LogP) is 17.9. The Morgan fingerprint density at radius 2 is 0.915 bits per heavy atom. The van der Waals surface area contributed by atoms with Crippen LogP contribution in [0.5, 0.6) is 0 Å². The number of esters is 1. The van der Waals surface area contributed by atoms with Gasteiger partial charge in [0.2, 0.25) is 0 Å². The van der Waals surface area contributed by atoms with Crippen LogP contribution in [-0.4, -0.2) is 83.0 Å². The molecule has 6 aliphatic rings. The van der Waals surface area contributed by atoms with Gasteiger partial charge in [0.05, 0.1) is 12.5 Å². The van der Waals surface area contributed by atoms with Crippen molar-refractivity contribution in [3.63, 3.8) is 0 Å². The maximum atomic E-state index is 13.1. The fourth-order valence-electron chi connectivity index (χ4n) is 14.2. The summed E-state index contributed by atoms with van der Waals surface area (Å²) in [5, 5.41) is 11.2. The molecule has 0 amide bonds. The van der Waals surface area contributed by atoms with Gasteiger partial charge in [0.25, 0.3) is 0 Å². The summed E-state index contributed by atoms with van der Waals surface area (Å²) < 4.78 is 33.1. The average molecular weight is 1070 g/mol. The van der Waals surface area contributed by atoms with Crippen LogP contribution in [0.15, 0.2) is 0 Å². The number of carbonyl (C=O) groups is 1. The SMILES string of the molecule is C.C.CC(C)(C)[Si](C)(C)OCCC1([C@H]2CCC3[C@@H](O[Si](C)(C)C(C)(C)C)CCC[C@@]32C)CC1CO.CCOC(=O)C1CC1(CCO[Si](C)(C)C(C)(C)C)[C@H]1CCC2[C@@H](O[Si](C)(C)C(C)(C)C)CCC[C@@]21C. The first-order valence-corrected chi connectivity index (χ1v) is 40.3. The molecular formula is C60H122O7Si4. The predicted molar refractivity (Wildman–Crippen MR) is 314 cm³/mol. The van der Waals surface area contributed by atoms with Crippen molar-refractivity contribution in [2.45, 2.75) is 293 Å². The third-order valence-electron chi connectivity index (χ3n) is 22.9. The maximum absolute atomic E-state index is 13.1. The first kappa shape index (κ1) is 65.4. The normalized spacial score (nSPS) is 35.5. The van der Waals surface area contributed by atoms with Gasteiger partial charge in [0.15, 0.2) is 33.3 Å². The summed E-state index contributed by atoms with van der Waals surface area (Å²) in [5.41, 5.74) is 0.923. The summed E-state index contributed by atoms with van der Waals surface area (Å²) >= 11 is 0. The molecule has 0 heterocycles. The lowest BCUT2D eigenvalue weighted by molar-refractivity contribution is -0.146. The molecule has 71 heavy (non-hydrogen) atoms. The second-order valence-electron chi connectivity index (χ2n) is 30.9. The minimum atomic E-state index is -1.83. The van der Waals surface area contributed by atoms with Crippen molar-refractivity contribution in [3.05, 3.63) is 0 Å². The minimum Gasteiger partial charge on any atom is -0.466 e. The van der Waals surface area contributed by atoms with Crippen molar-refractivity contribution >= 4 is 39.2 Å². The van der Waals surface area contributed by atoms with Crippen molar-refractivity contribution < 1.29 is 32.3 Å². The monoisotopic (exact) mass is 1070 g/mol. The van der Waals surface area contributed by atoms with Crippen molar-refractivity contribution in [2.24, 2.45) is 57.2 Å². The lowest BCUT2D eigenvalue weighted by Crippen LogP contribution is -2.50. The Morgan fingerprint density at radius 1 is 0.549 bits per heavy atom. The van der Waals surface area contributed by atoms with Crippen LogP contribution >= 0.6 is 0 Å². The molecule has 6 saturated carbocycles. The van der Waals surface area contributed by atoms with Gasteiger partial charge >= 0.3 is 5.97 Å². The van der Waals surface area contributed by atoms with Gasteiger partial charge in [-0.1, -0.05) is 125 Å². The lowest BCUT2D eigenvalue weighted by atomic mass is 9.60. The molecule has 12 atom stereocenters. The lowest BCUT2D eigenvalue weighted by Gasteiger charge is -2.50. The fraction of sp³-hybridized carbons (Fsp3) is 0.983. The molecule has 1 N–H and O–H groups in total. The van der Waals surface area contributed by atoms with Crippen molar-refractivity contribution in [1.29, 1.82) is 0 Å². The van der Waals surface area contributed by atoms with E-state index < -0.39 is 33.3 Å². The number of ether oxygens (including phenoxy) is 1. The van der Waals surface area contributed by atoms with Gasteiger partial charge in [0.1, 0.15) is 0 Å². The van der Waals surface area contributed by atoms with Crippen LogP contribution in [-0.2, 0) is 27.2 Å². The van der Waals surface area contributed by atoms with E-state index in [-0.39, 0.29) is 57.7 Å². The molecule has 6 unspecified atom stereocenters. The zero-order chi connectivity index (χ0) is 52.5. The highest BCUT2D eigenvalue weighted by Gasteiger charge is 2.70. The summed E-state index contributed by atoms with van der Waals surface area (Å²) in [6, 6.07) is 0. The van der Waals surface area contributed by atoms with Crippen molar-refractivity contribution in [3.8, 4) is 0 Å². The number of rotatable bonds is 17. The third kappa shape index (κ3) is 13.2. The topological polar surface area (TPSA) is 83.5 Å². The Balaban J connectivity index is 0.000000366. The van der Waals surface area contributed by atoms with E-state index >= 15 is 0 Å². The molecular weight excluding hydrogens is 945 g/mol. The number of aliphatic hydroxyl groups is 1. The standard InChI is InChI=1S/C30H58O4Si2.C28H56O3Si2.2CH4/c1-13-32-26(31)23-21-30(23,19-20-33-35(9,10)27(2,3)4)25-17-16-22-24(15-14-18-29(22,25)8)34-36(11,12)28(5,6)7;1-25(2,3)32(8,9)30-18-17-28(19-21(28)20-29)24-15-14-22-23(13-12-16-27(22,24)7)31-33(10,11)26(4,5)6;;/h22-25H,13-21H2,1-12H3;21-24,29H,12-20H2,1-11H3;2*1H4/t22?,23?,24-,25-,29-,30?;21?,22?,23-,24-,27-,28?;;/m00../s1. The van der Waals surface area contributed by atoms with Gasteiger partial charge in [-0.15, -0.1) is 0 Å². The molecule has 0 saturated heterocycles. The average Bonchev–Trinajstić information content (AvgIpc) is 4.00. The second-order valence-corrected chi connectivity index (χ2v) is 50.0. The summed E-state index contributed by atoms with van der Waals surface area (Å²) in [4.78, 5) is 13.1. The van der Waals surface area contributed by atoms with E-state index in [1.165, 1.54) is 70.6 Å². The first-order valence-electron chi connectivity index (χ1n) is 28.6. The summed E-state index contributed by atoms with van der Waals surface area (Å²) in [7, 11) is -7.16. The maximum Gasteiger partial charge on any atom is 0.309 e. The summed E-state index contributed by atoms with van der Waals surface area (Å²) in [5.74, 6) is 3.10. The molecule has 0 bridgehead atoms. The molecule has 0 aromatic heterocycles. The zero-order valence-electron chi connectivity index (χ0n) is 49.7. The Morgan fingerprint density at radius 3 is 1.25 bits per heavy atom. The molecule has 420 valence electrons. The minimum absolute atomic E-state index is 0. The zero-order valence-corrected chi connectivity index (χ0v) is 53.7.